The molecule has 1 heterocycles. The summed E-state index contributed by atoms with van der Waals surface area (Å²) >= 11 is 15.7. The van der Waals surface area contributed by atoms with E-state index in [-0.39, 0.29) is 5.91 Å². The van der Waals surface area contributed by atoms with Gasteiger partial charge in [0, 0.05) is 15.1 Å². The third-order valence-corrected chi connectivity index (χ3v) is 5.72. The molecule has 1 aliphatic rings. The van der Waals surface area contributed by atoms with Gasteiger partial charge in [-0.3, -0.25) is 4.79 Å². The Morgan fingerprint density at radius 2 is 2.00 bits per heavy atom. The maximum atomic E-state index is 11.9. The van der Waals surface area contributed by atoms with E-state index in [2.05, 4.69) is 21.2 Å². The lowest BCUT2D eigenvalue weighted by atomic mass is 10.2. The number of rotatable bonds is 6. The van der Waals surface area contributed by atoms with Gasteiger partial charge in [0.1, 0.15) is 29.0 Å². The first kappa shape index (κ1) is 20.2. The van der Waals surface area contributed by atoms with Gasteiger partial charge in [0.2, 0.25) is 0 Å². The second-order valence-electron chi connectivity index (χ2n) is 5.64. The first-order valence-corrected chi connectivity index (χ1v) is 10.4. The maximum absolute atomic E-state index is 11.9. The minimum absolute atomic E-state index is 0.197. The van der Waals surface area contributed by atoms with Crippen LogP contribution in [0, 0.1) is 6.92 Å². The van der Waals surface area contributed by atoms with Crippen LogP contribution in [0.25, 0.3) is 6.08 Å². The van der Waals surface area contributed by atoms with E-state index in [0.717, 1.165) is 21.3 Å². The molecule has 0 aliphatic carbocycles. The lowest BCUT2D eigenvalue weighted by Gasteiger charge is -2.12. The van der Waals surface area contributed by atoms with Gasteiger partial charge >= 0.3 is 0 Å². The van der Waals surface area contributed by atoms with Crippen LogP contribution in [0.4, 0.5) is 0 Å². The second kappa shape index (κ2) is 9.10. The van der Waals surface area contributed by atoms with Crippen molar-refractivity contribution in [3.05, 3.63) is 61.9 Å². The van der Waals surface area contributed by atoms with Gasteiger partial charge in [-0.2, -0.15) is 0 Å². The van der Waals surface area contributed by atoms with Crippen LogP contribution in [0.15, 0.2) is 45.8 Å². The highest BCUT2D eigenvalue weighted by Gasteiger charge is 2.22. The number of benzene rings is 2. The van der Waals surface area contributed by atoms with Gasteiger partial charge in [-0.15, -0.1) is 0 Å². The Balaban J connectivity index is 1.65. The topological polar surface area (TPSA) is 47.6 Å². The van der Waals surface area contributed by atoms with Crippen molar-refractivity contribution in [2.45, 2.75) is 6.92 Å². The standard InChI is InChI=1S/C19H15BrClNO3S2/c1-11-8-14(3-4-15(11)21)24-6-7-25-16-5-2-13(20)9-12(16)10-17-18(23)22-19(26)27-17/h2-5,8-10H,6-7H2,1H3,(H,22,23,26)/b17-10-. The summed E-state index contributed by atoms with van der Waals surface area (Å²) in [6.07, 6.45) is 1.77. The molecule has 1 amide bonds. The number of hydrogen-bond acceptors (Lipinski definition) is 5. The Morgan fingerprint density at radius 3 is 2.70 bits per heavy atom. The Hall–Kier alpha value is -1.54. The van der Waals surface area contributed by atoms with E-state index in [1.807, 2.05) is 37.3 Å². The molecule has 2 aromatic carbocycles. The highest BCUT2D eigenvalue weighted by Crippen LogP contribution is 2.31. The molecule has 1 fully saturated rings. The van der Waals surface area contributed by atoms with E-state index >= 15 is 0 Å². The monoisotopic (exact) mass is 483 g/mol. The van der Waals surface area contributed by atoms with Gasteiger partial charge in [0.05, 0.1) is 4.91 Å². The molecule has 0 atom stereocenters. The quantitative estimate of drug-likeness (QED) is 0.340. The SMILES string of the molecule is Cc1cc(OCCOc2ccc(Br)cc2/C=C2\SC(=S)NC2=O)ccc1Cl. The molecule has 0 unspecified atom stereocenters. The van der Waals surface area contributed by atoms with Crippen LogP contribution in [0.3, 0.4) is 0 Å². The fraction of sp³-hybridized carbons (Fsp3) is 0.158. The van der Waals surface area contributed by atoms with Gasteiger partial charge in [-0.05, 0) is 55.0 Å². The van der Waals surface area contributed by atoms with Crippen molar-refractivity contribution in [2.75, 3.05) is 13.2 Å². The summed E-state index contributed by atoms with van der Waals surface area (Å²) in [5.41, 5.74) is 1.75. The maximum Gasteiger partial charge on any atom is 0.263 e. The molecule has 1 N–H and O–H groups in total. The average molecular weight is 485 g/mol. The molecular weight excluding hydrogens is 470 g/mol. The van der Waals surface area contributed by atoms with Crippen LogP contribution >= 0.6 is 51.5 Å². The summed E-state index contributed by atoms with van der Waals surface area (Å²) in [7, 11) is 0. The van der Waals surface area contributed by atoms with Crippen molar-refractivity contribution in [2.24, 2.45) is 0 Å². The van der Waals surface area contributed by atoms with Crippen LogP contribution in [-0.2, 0) is 4.79 Å². The number of hydrogen-bond donors (Lipinski definition) is 1. The number of thiocarbonyl (C=S) groups is 1. The fourth-order valence-corrected chi connectivity index (χ4v) is 3.88. The van der Waals surface area contributed by atoms with Gasteiger partial charge in [-0.1, -0.05) is 51.5 Å². The number of thioether (sulfide) groups is 1. The first-order valence-electron chi connectivity index (χ1n) is 7.98. The zero-order chi connectivity index (χ0) is 19.4. The number of carbonyl (C=O) groups is 1. The summed E-state index contributed by atoms with van der Waals surface area (Å²) < 4.78 is 12.9. The van der Waals surface area contributed by atoms with Gasteiger partial charge in [0.15, 0.2) is 0 Å². The summed E-state index contributed by atoms with van der Waals surface area (Å²) in [5, 5.41) is 3.31. The smallest absolute Gasteiger partial charge is 0.263 e. The highest BCUT2D eigenvalue weighted by atomic mass is 79.9. The van der Waals surface area contributed by atoms with Crippen LogP contribution in [0.1, 0.15) is 11.1 Å². The van der Waals surface area contributed by atoms with E-state index in [1.54, 1.807) is 12.1 Å². The molecule has 0 aromatic heterocycles. The van der Waals surface area contributed by atoms with Crippen molar-refractivity contribution in [3.8, 4) is 11.5 Å². The fourth-order valence-electron chi connectivity index (χ4n) is 2.34. The van der Waals surface area contributed by atoms with Gasteiger partial charge < -0.3 is 14.8 Å². The van der Waals surface area contributed by atoms with Crippen molar-refractivity contribution < 1.29 is 14.3 Å². The Labute approximate surface area is 180 Å². The molecule has 0 bridgehead atoms. The average Bonchev–Trinajstić information content (AvgIpc) is 2.93. The van der Waals surface area contributed by atoms with Crippen molar-refractivity contribution >= 4 is 67.8 Å². The highest BCUT2D eigenvalue weighted by molar-refractivity contribution is 9.10. The minimum atomic E-state index is -0.197. The number of nitrogens with one attached hydrogen (secondary N) is 1. The van der Waals surface area contributed by atoms with E-state index in [4.69, 9.17) is 33.3 Å². The number of carbonyl (C=O) groups excluding carboxylic acids is 1. The van der Waals surface area contributed by atoms with Crippen molar-refractivity contribution in [1.82, 2.24) is 5.32 Å². The van der Waals surface area contributed by atoms with E-state index in [9.17, 15) is 4.79 Å². The van der Waals surface area contributed by atoms with Gasteiger partial charge in [0.25, 0.3) is 5.91 Å². The molecule has 27 heavy (non-hydrogen) atoms. The largest absolute Gasteiger partial charge is 0.490 e. The summed E-state index contributed by atoms with van der Waals surface area (Å²) in [4.78, 5) is 12.4. The summed E-state index contributed by atoms with van der Waals surface area (Å²) in [6, 6.07) is 11.1. The molecule has 140 valence electrons. The molecule has 0 saturated carbocycles. The molecular formula is C19H15BrClNO3S2. The minimum Gasteiger partial charge on any atom is -0.490 e. The number of halogens is 2. The summed E-state index contributed by atoms with van der Waals surface area (Å²) in [5.74, 6) is 1.20. The molecule has 8 heteroatoms. The Morgan fingerprint density at radius 1 is 1.22 bits per heavy atom. The third-order valence-electron chi connectivity index (χ3n) is 3.64. The second-order valence-corrected chi connectivity index (χ2v) is 8.68. The molecule has 0 spiro atoms. The Bertz CT molecular complexity index is 933. The van der Waals surface area contributed by atoms with E-state index < -0.39 is 0 Å². The zero-order valence-corrected chi connectivity index (χ0v) is 18.2. The molecule has 0 radical (unpaired) electrons. The lowest BCUT2D eigenvalue weighted by Crippen LogP contribution is -2.17. The summed E-state index contributed by atoms with van der Waals surface area (Å²) in [6.45, 7) is 2.67. The number of aryl methyl sites for hydroxylation is 1. The predicted molar refractivity (Wildman–Crippen MR) is 118 cm³/mol. The zero-order valence-electron chi connectivity index (χ0n) is 14.3. The number of amides is 1. The van der Waals surface area contributed by atoms with E-state index in [0.29, 0.717) is 33.2 Å². The van der Waals surface area contributed by atoms with Gasteiger partial charge in [-0.25, -0.2) is 0 Å². The van der Waals surface area contributed by atoms with Crippen molar-refractivity contribution in [1.29, 1.82) is 0 Å². The van der Waals surface area contributed by atoms with Crippen LogP contribution < -0.4 is 14.8 Å². The van der Waals surface area contributed by atoms with Crippen LogP contribution in [-0.4, -0.2) is 23.4 Å². The van der Waals surface area contributed by atoms with Crippen LogP contribution in [0.2, 0.25) is 5.02 Å². The predicted octanol–water partition coefficient (Wildman–Crippen LogP) is 5.36. The van der Waals surface area contributed by atoms with Crippen molar-refractivity contribution in [3.63, 3.8) is 0 Å². The molecule has 1 aliphatic heterocycles. The third kappa shape index (κ3) is 5.48. The molecule has 2 aromatic rings. The normalized spacial score (nSPS) is 15.1. The lowest BCUT2D eigenvalue weighted by molar-refractivity contribution is -0.115. The number of ether oxygens (including phenoxy) is 2. The van der Waals surface area contributed by atoms with E-state index in [1.165, 1.54) is 11.8 Å². The molecule has 3 rings (SSSR count). The molecule has 1 saturated heterocycles. The molecule has 4 nitrogen and oxygen atoms in total. The Kier molecular flexibility index (Phi) is 6.81. The van der Waals surface area contributed by atoms with Crippen LogP contribution in [0.5, 0.6) is 11.5 Å². The first-order chi connectivity index (χ1) is 12.9.